The van der Waals surface area contributed by atoms with Crippen LogP contribution in [0.5, 0.6) is 0 Å². The van der Waals surface area contributed by atoms with Crippen LogP contribution in [0.3, 0.4) is 0 Å². The molecule has 0 bridgehead atoms. The molecule has 0 amide bonds. The lowest BCUT2D eigenvalue weighted by atomic mass is 10.2. The zero-order valence-corrected chi connectivity index (χ0v) is 10.8. The summed E-state index contributed by atoms with van der Waals surface area (Å²) < 4.78 is 46.0. The highest BCUT2D eigenvalue weighted by molar-refractivity contribution is 8.09. The second-order valence-corrected chi connectivity index (χ2v) is 7.28. The monoisotopic (exact) mass is 274 g/mol. The molecule has 17 heavy (non-hydrogen) atoms. The number of rotatable bonds is 3. The topological polar surface area (TPSA) is 95.3 Å². The van der Waals surface area contributed by atoms with E-state index in [0.717, 1.165) is 12.5 Å². The summed E-state index contributed by atoms with van der Waals surface area (Å²) in [5.74, 6) is 0. The third kappa shape index (κ3) is 3.18. The highest BCUT2D eigenvalue weighted by Gasteiger charge is 2.26. The Hall–Kier alpha value is -1.59. The molecule has 0 aliphatic rings. The Bertz CT molecular complexity index is 622. The number of nitrogens with zero attached hydrogens (tertiary/aromatic N) is 2. The van der Waals surface area contributed by atoms with E-state index in [4.69, 9.17) is 5.26 Å². The SMILES string of the molecule is CS(=O)(=O)N(c1ccc(C#N)cc1)S(C)(=O)=O. The van der Waals surface area contributed by atoms with Crippen molar-refractivity contribution in [2.45, 2.75) is 0 Å². The predicted octanol–water partition coefficient (Wildman–Crippen LogP) is 0.284. The van der Waals surface area contributed by atoms with Crippen LogP contribution in [0.15, 0.2) is 24.3 Å². The maximum absolute atomic E-state index is 11.4. The van der Waals surface area contributed by atoms with Crippen molar-refractivity contribution in [1.82, 2.24) is 0 Å². The van der Waals surface area contributed by atoms with E-state index in [1.165, 1.54) is 24.3 Å². The number of nitriles is 1. The summed E-state index contributed by atoms with van der Waals surface area (Å²) in [5.41, 5.74) is 0.296. The van der Waals surface area contributed by atoms with E-state index in [1.807, 2.05) is 6.07 Å². The minimum absolute atomic E-state index is 0.0194. The fourth-order valence-electron chi connectivity index (χ4n) is 1.29. The van der Waals surface area contributed by atoms with Crippen molar-refractivity contribution in [3.8, 4) is 6.07 Å². The summed E-state index contributed by atoms with van der Waals surface area (Å²) >= 11 is 0. The normalized spacial score (nSPS) is 11.8. The summed E-state index contributed by atoms with van der Waals surface area (Å²) in [6.45, 7) is 0. The van der Waals surface area contributed by atoms with Crippen molar-refractivity contribution in [2.24, 2.45) is 0 Å². The first kappa shape index (κ1) is 13.5. The first-order valence-electron chi connectivity index (χ1n) is 4.37. The van der Waals surface area contributed by atoms with Crippen molar-refractivity contribution in [2.75, 3.05) is 16.2 Å². The van der Waals surface area contributed by atoms with Crippen LogP contribution in [0.25, 0.3) is 0 Å². The number of anilines is 1. The Balaban J connectivity index is 3.41. The molecule has 1 aromatic carbocycles. The minimum Gasteiger partial charge on any atom is -0.206 e. The van der Waals surface area contributed by atoms with Gasteiger partial charge in [0.05, 0.1) is 29.8 Å². The fraction of sp³-hybridized carbons (Fsp3) is 0.222. The van der Waals surface area contributed by atoms with E-state index in [9.17, 15) is 16.8 Å². The molecule has 8 heteroatoms. The van der Waals surface area contributed by atoms with Crippen LogP contribution in [0.2, 0.25) is 0 Å². The van der Waals surface area contributed by atoms with Gasteiger partial charge in [-0.2, -0.15) is 8.97 Å². The van der Waals surface area contributed by atoms with Crippen LogP contribution in [0.4, 0.5) is 5.69 Å². The van der Waals surface area contributed by atoms with Crippen LogP contribution in [-0.4, -0.2) is 29.3 Å². The third-order valence-corrected chi connectivity index (χ3v) is 5.06. The molecule has 1 rings (SSSR count). The highest BCUT2D eigenvalue weighted by atomic mass is 32.3. The number of hydrogen-bond donors (Lipinski definition) is 0. The van der Waals surface area contributed by atoms with Gasteiger partial charge in [-0.05, 0) is 24.3 Å². The van der Waals surface area contributed by atoms with Crippen LogP contribution < -0.4 is 3.71 Å². The molecular weight excluding hydrogens is 264 g/mol. The molecular formula is C9H10N2O4S2. The highest BCUT2D eigenvalue weighted by Crippen LogP contribution is 2.21. The molecule has 0 N–H and O–H groups in total. The minimum atomic E-state index is -3.93. The van der Waals surface area contributed by atoms with Gasteiger partial charge in [-0.25, -0.2) is 16.8 Å². The van der Waals surface area contributed by atoms with Gasteiger partial charge in [-0.3, -0.25) is 0 Å². The molecule has 0 spiro atoms. The summed E-state index contributed by atoms with van der Waals surface area (Å²) in [6.07, 6.45) is 1.60. The average molecular weight is 274 g/mol. The van der Waals surface area contributed by atoms with E-state index in [1.54, 1.807) is 0 Å². The first-order valence-corrected chi connectivity index (χ1v) is 8.06. The van der Waals surface area contributed by atoms with Gasteiger partial charge in [-0.1, -0.05) is 0 Å². The lowest BCUT2D eigenvalue weighted by Gasteiger charge is -2.19. The molecule has 92 valence electrons. The summed E-state index contributed by atoms with van der Waals surface area (Å²) in [7, 11) is -7.87. The van der Waals surface area contributed by atoms with Crippen LogP contribution in [-0.2, 0) is 20.0 Å². The van der Waals surface area contributed by atoms with Gasteiger partial charge in [-0.15, -0.1) is 0 Å². The molecule has 0 heterocycles. The molecule has 6 nitrogen and oxygen atoms in total. The summed E-state index contributed by atoms with van der Waals surface area (Å²) in [4.78, 5) is 0. The molecule has 0 aliphatic heterocycles. The van der Waals surface area contributed by atoms with Gasteiger partial charge in [0.2, 0.25) is 20.0 Å². The van der Waals surface area contributed by atoms with Gasteiger partial charge >= 0.3 is 0 Å². The van der Waals surface area contributed by atoms with E-state index >= 15 is 0 Å². The molecule has 0 radical (unpaired) electrons. The predicted molar refractivity (Wildman–Crippen MR) is 63.3 cm³/mol. The van der Waals surface area contributed by atoms with Crippen molar-refractivity contribution in [3.05, 3.63) is 29.8 Å². The quantitative estimate of drug-likeness (QED) is 0.789. The second kappa shape index (κ2) is 4.35. The smallest absolute Gasteiger partial charge is 0.206 e. The van der Waals surface area contributed by atoms with Crippen LogP contribution in [0, 0.1) is 11.3 Å². The summed E-state index contributed by atoms with van der Waals surface area (Å²) in [6, 6.07) is 7.07. The van der Waals surface area contributed by atoms with E-state index in [0.29, 0.717) is 9.27 Å². The molecule has 0 saturated heterocycles. The third-order valence-electron chi connectivity index (χ3n) is 1.81. The fourth-order valence-corrected chi connectivity index (χ4v) is 4.26. The van der Waals surface area contributed by atoms with Crippen molar-refractivity contribution < 1.29 is 16.8 Å². The molecule has 0 saturated carbocycles. The van der Waals surface area contributed by atoms with Crippen LogP contribution >= 0.6 is 0 Å². The van der Waals surface area contributed by atoms with E-state index in [2.05, 4.69) is 0 Å². The Labute approximate surface area is 100 Å². The lowest BCUT2D eigenvalue weighted by molar-refractivity contribution is 0.590. The number of hydrogen-bond acceptors (Lipinski definition) is 5. The van der Waals surface area contributed by atoms with Crippen molar-refractivity contribution in [3.63, 3.8) is 0 Å². The van der Waals surface area contributed by atoms with Crippen molar-refractivity contribution in [1.29, 1.82) is 5.26 Å². The maximum Gasteiger partial charge on any atom is 0.245 e. The molecule has 0 unspecified atom stereocenters. The number of sulfonamides is 2. The second-order valence-electron chi connectivity index (χ2n) is 3.38. The Morgan fingerprint density at radius 2 is 1.41 bits per heavy atom. The lowest BCUT2D eigenvalue weighted by Crippen LogP contribution is -2.35. The van der Waals surface area contributed by atoms with Gasteiger partial charge in [0.25, 0.3) is 0 Å². The van der Waals surface area contributed by atoms with E-state index in [-0.39, 0.29) is 5.69 Å². The zero-order chi connectivity index (χ0) is 13.3. The van der Waals surface area contributed by atoms with Gasteiger partial charge < -0.3 is 0 Å². The van der Waals surface area contributed by atoms with Crippen molar-refractivity contribution >= 4 is 25.7 Å². The Kier molecular flexibility index (Phi) is 3.45. The number of benzene rings is 1. The molecule has 0 atom stereocenters. The van der Waals surface area contributed by atoms with E-state index < -0.39 is 20.0 Å². The van der Waals surface area contributed by atoms with Gasteiger partial charge in [0.15, 0.2) is 0 Å². The van der Waals surface area contributed by atoms with Gasteiger partial charge in [0, 0.05) is 0 Å². The van der Waals surface area contributed by atoms with Crippen LogP contribution in [0.1, 0.15) is 5.56 Å². The average Bonchev–Trinajstić information content (AvgIpc) is 2.14. The Morgan fingerprint density at radius 1 is 1.00 bits per heavy atom. The summed E-state index contributed by atoms with van der Waals surface area (Å²) in [5, 5.41) is 8.59. The largest absolute Gasteiger partial charge is 0.245 e. The standard InChI is InChI=1S/C9H10N2O4S2/c1-16(12,13)11(17(2,14)15)9-5-3-8(7-10)4-6-9/h3-6H,1-2H3. The molecule has 0 fully saturated rings. The molecule has 1 aromatic rings. The molecule has 0 aliphatic carbocycles. The zero-order valence-electron chi connectivity index (χ0n) is 9.15. The Morgan fingerprint density at radius 3 is 1.71 bits per heavy atom. The van der Waals surface area contributed by atoms with Gasteiger partial charge in [0.1, 0.15) is 0 Å². The first-order chi connectivity index (χ1) is 7.66. The maximum atomic E-state index is 11.4. The molecule has 0 aromatic heterocycles.